The number of guanidine groups is 1. The zero-order chi connectivity index (χ0) is 22.4. The maximum absolute atomic E-state index is 12.6. The molecule has 8 nitrogen and oxygen atoms in total. The van der Waals surface area contributed by atoms with Crippen molar-refractivity contribution >= 4 is 41.8 Å². The maximum Gasteiger partial charge on any atom is 0.254 e. The van der Waals surface area contributed by atoms with E-state index in [2.05, 4.69) is 48.5 Å². The first kappa shape index (κ1) is 26.4. The van der Waals surface area contributed by atoms with Crippen molar-refractivity contribution < 1.29 is 9.59 Å². The summed E-state index contributed by atoms with van der Waals surface area (Å²) in [6.07, 6.45) is 0. The number of hydrogen-bond donors (Lipinski definition) is 3. The van der Waals surface area contributed by atoms with Crippen molar-refractivity contribution in [2.45, 2.75) is 46.3 Å². The van der Waals surface area contributed by atoms with Crippen molar-refractivity contribution in [2.75, 3.05) is 39.3 Å². The smallest absolute Gasteiger partial charge is 0.254 e. The van der Waals surface area contributed by atoms with E-state index in [1.54, 1.807) is 4.90 Å². The van der Waals surface area contributed by atoms with Crippen LogP contribution in [0.4, 0.5) is 0 Å². The number of piperazine rings is 1. The minimum atomic E-state index is -0.109. The Morgan fingerprint density at radius 3 is 2.56 bits per heavy atom. The Morgan fingerprint density at radius 2 is 1.97 bits per heavy atom. The normalized spacial score (nSPS) is 21.8. The van der Waals surface area contributed by atoms with Crippen LogP contribution < -0.4 is 16.0 Å². The largest absolute Gasteiger partial charge is 0.357 e. The zero-order valence-corrected chi connectivity index (χ0v) is 21.9. The molecule has 3 N–H and O–H groups in total. The molecule has 2 atom stereocenters. The van der Waals surface area contributed by atoms with Gasteiger partial charge in [-0.2, -0.15) is 0 Å². The lowest BCUT2D eigenvalue weighted by molar-refractivity contribution is -0.123. The van der Waals surface area contributed by atoms with Crippen molar-refractivity contribution in [3.63, 3.8) is 0 Å². The number of benzene rings is 1. The highest BCUT2D eigenvalue weighted by atomic mass is 127. The predicted octanol–water partition coefficient (Wildman–Crippen LogP) is 1.66. The summed E-state index contributed by atoms with van der Waals surface area (Å²) in [5.74, 6) is 1.17. The number of halogens is 1. The van der Waals surface area contributed by atoms with Crippen LogP contribution in [-0.4, -0.2) is 78.9 Å². The third kappa shape index (κ3) is 7.06. The summed E-state index contributed by atoms with van der Waals surface area (Å²) < 4.78 is 0. The van der Waals surface area contributed by atoms with E-state index < -0.39 is 0 Å². The summed E-state index contributed by atoms with van der Waals surface area (Å²) in [7, 11) is 0. The summed E-state index contributed by atoms with van der Waals surface area (Å²) in [5, 5.41) is 9.68. The van der Waals surface area contributed by atoms with E-state index in [0.717, 1.165) is 31.2 Å². The van der Waals surface area contributed by atoms with E-state index in [1.165, 1.54) is 0 Å². The number of carbonyl (C=O) groups is 2. The first-order valence-corrected chi connectivity index (χ1v) is 11.3. The molecule has 0 aliphatic carbocycles. The highest BCUT2D eigenvalue weighted by Gasteiger charge is 2.31. The van der Waals surface area contributed by atoms with Gasteiger partial charge in [0, 0.05) is 50.4 Å². The summed E-state index contributed by atoms with van der Waals surface area (Å²) in [5.41, 5.74) is 1.63. The summed E-state index contributed by atoms with van der Waals surface area (Å²) in [4.78, 5) is 33.0. The van der Waals surface area contributed by atoms with Gasteiger partial charge in [-0.1, -0.05) is 19.1 Å². The summed E-state index contributed by atoms with van der Waals surface area (Å²) in [6.45, 7) is 13.5. The number of nitrogens with zero attached hydrogens (tertiary/aromatic N) is 3. The van der Waals surface area contributed by atoms with Gasteiger partial charge in [0.15, 0.2) is 5.96 Å². The van der Waals surface area contributed by atoms with Crippen LogP contribution in [-0.2, 0) is 11.3 Å². The standard InChI is InChI=1S/C23H36N6O2.HI/c1-5-24-23(27-20-14-29(16(2)3)13-17(20)4)26-12-18-6-8-19(9-7-18)22(31)28-11-10-25-21(30)15-28;/h6-9,16-17,20H,5,10-15H2,1-4H3,(H,25,30)(H2,24,26,27);1H. The first-order chi connectivity index (χ1) is 14.9. The van der Waals surface area contributed by atoms with E-state index in [9.17, 15) is 9.59 Å². The van der Waals surface area contributed by atoms with Crippen LogP contribution in [0, 0.1) is 5.92 Å². The lowest BCUT2D eigenvalue weighted by Crippen LogP contribution is -2.49. The zero-order valence-electron chi connectivity index (χ0n) is 19.6. The van der Waals surface area contributed by atoms with E-state index in [-0.39, 0.29) is 42.3 Å². The second-order valence-corrected chi connectivity index (χ2v) is 8.74. The van der Waals surface area contributed by atoms with E-state index in [0.29, 0.717) is 43.2 Å². The third-order valence-electron chi connectivity index (χ3n) is 5.98. The molecule has 1 aromatic carbocycles. The highest BCUT2D eigenvalue weighted by molar-refractivity contribution is 14.0. The lowest BCUT2D eigenvalue weighted by atomic mass is 10.1. The van der Waals surface area contributed by atoms with Crippen LogP contribution in [0.15, 0.2) is 29.3 Å². The average Bonchev–Trinajstić information content (AvgIpc) is 3.12. The van der Waals surface area contributed by atoms with Crippen LogP contribution in [0.3, 0.4) is 0 Å². The molecule has 2 unspecified atom stereocenters. The number of hydrogen-bond acceptors (Lipinski definition) is 4. The molecule has 9 heteroatoms. The Kier molecular flexibility index (Phi) is 10.2. The molecule has 3 rings (SSSR count). The lowest BCUT2D eigenvalue weighted by Gasteiger charge is -2.26. The van der Waals surface area contributed by atoms with Crippen LogP contribution in [0.2, 0.25) is 0 Å². The van der Waals surface area contributed by atoms with Crippen LogP contribution in [0.25, 0.3) is 0 Å². The molecule has 32 heavy (non-hydrogen) atoms. The van der Waals surface area contributed by atoms with Crippen molar-refractivity contribution in [1.29, 1.82) is 0 Å². The second-order valence-electron chi connectivity index (χ2n) is 8.74. The Bertz CT molecular complexity index is 798. The molecular weight excluding hydrogens is 519 g/mol. The molecule has 0 radical (unpaired) electrons. The monoisotopic (exact) mass is 556 g/mol. The molecule has 178 valence electrons. The van der Waals surface area contributed by atoms with Crippen LogP contribution in [0.5, 0.6) is 0 Å². The van der Waals surface area contributed by atoms with Gasteiger partial charge in [0.1, 0.15) is 0 Å². The van der Waals surface area contributed by atoms with Crippen molar-refractivity contribution in [1.82, 2.24) is 25.8 Å². The minimum Gasteiger partial charge on any atom is -0.357 e. The Hall–Kier alpha value is -1.88. The quantitative estimate of drug-likeness (QED) is 0.282. The van der Waals surface area contributed by atoms with Gasteiger partial charge in [0.2, 0.25) is 5.91 Å². The fraction of sp³-hybridized carbons (Fsp3) is 0.609. The van der Waals surface area contributed by atoms with Crippen LogP contribution in [0.1, 0.15) is 43.6 Å². The molecule has 1 aromatic rings. The van der Waals surface area contributed by atoms with E-state index >= 15 is 0 Å². The molecule has 2 amide bonds. The van der Waals surface area contributed by atoms with Gasteiger partial charge in [-0.25, -0.2) is 4.99 Å². The number of aliphatic imine (C=N–C) groups is 1. The molecular formula is C23H37IN6O2. The van der Waals surface area contributed by atoms with Gasteiger partial charge in [-0.05, 0) is 44.4 Å². The van der Waals surface area contributed by atoms with E-state index in [4.69, 9.17) is 4.99 Å². The fourth-order valence-corrected chi connectivity index (χ4v) is 4.03. The Morgan fingerprint density at radius 1 is 1.25 bits per heavy atom. The molecule has 2 heterocycles. The first-order valence-electron chi connectivity index (χ1n) is 11.3. The third-order valence-corrected chi connectivity index (χ3v) is 5.98. The summed E-state index contributed by atoms with van der Waals surface area (Å²) >= 11 is 0. The highest BCUT2D eigenvalue weighted by Crippen LogP contribution is 2.18. The minimum absolute atomic E-state index is 0. The fourth-order valence-electron chi connectivity index (χ4n) is 4.03. The van der Waals surface area contributed by atoms with E-state index in [1.807, 2.05) is 24.3 Å². The molecule has 2 fully saturated rings. The van der Waals surface area contributed by atoms with Gasteiger partial charge in [0.05, 0.1) is 13.1 Å². The number of likely N-dealkylation sites (tertiary alicyclic amines) is 1. The molecule has 2 saturated heterocycles. The molecule has 2 aliphatic rings. The second kappa shape index (κ2) is 12.4. The SMILES string of the molecule is CCNC(=NCc1ccc(C(=O)N2CCNC(=O)C2)cc1)NC1CN(C(C)C)CC1C.I. The topological polar surface area (TPSA) is 89.1 Å². The van der Waals surface area contributed by atoms with Gasteiger partial charge in [-0.15, -0.1) is 24.0 Å². The summed E-state index contributed by atoms with van der Waals surface area (Å²) in [6, 6.07) is 8.43. The molecule has 0 spiro atoms. The van der Waals surface area contributed by atoms with Crippen molar-refractivity contribution in [3.8, 4) is 0 Å². The number of carbonyl (C=O) groups excluding carboxylic acids is 2. The van der Waals surface area contributed by atoms with Gasteiger partial charge in [-0.3, -0.25) is 14.5 Å². The Balaban J connectivity index is 0.00000363. The average molecular weight is 556 g/mol. The van der Waals surface area contributed by atoms with Gasteiger partial charge >= 0.3 is 0 Å². The molecule has 0 bridgehead atoms. The van der Waals surface area contributed by atoms with Crippen molar-refractivity contribution in [3.05, 3.63) is 35.4 Å². The Labute approximate surface area is 208 Å². The number of amides is 2. The predicted molar refractivity (Wildman–Crippen MR) is 138 cm³/mol. The van der Waals surface area contributed by atoms with Crippen molar-refractivity contribution in [2.24, 2.45) is 10.9 Å². The van der Waals surface area contributed by atoms with Gasteiger partial charge < -0.3 is 20.9 Å². The van der Waals surface area contributed by atoms with Gasteiger partial charge in [0.25, 0.3) is 5.91 Å². The van der Waals surface area contributed by atoms with Crippen LogP contribution >= 0.6 is 24.0 Å². The molecule has 0 aromatic heterocycles. The maximum atomic E-state index is 12.6. The number of rotatable bonds is 6. The number of nitrogens with one attached hydrogen (secondary N) is 3. The molecule has 2 aliphatic heterocycles. The molecule has 0 saturated carbocycles.